The SMILES string of the molecule is CCCCCCCOC(=O)CCCCCCC[Si](Cl)(Cl)Cl. The lowest BCUT2D eigenvalue weighted by atomic mass is 10.1. The first-order valence-electron chi connectivity index (χ1n) is 8.18. The molecule has 0 fully saturated rings. The smallest absolute Gasteiger partial charge is 0.341 e. The summed E-state index contributed by atoms with van der Waals surface area (Å²) >= 11 is 17.4. The number of hydrogen-bond donors (Lipinski definition) is 0. The van der Waals surface area contributed by atoms with Gasteiger partial charge in [-0.3, -0.25) is 4.79 Å². The van der Waals surface area contributed by atoms with Crippen LogP contribution in [0, 0.1) is 0 Å². The Balaban J connectivity index is 3.23. The molecule has 0 N–H and O–H groups in total. The zero-order valence-corrected chi connectivity index (χ0v) is 16.4. The Morgan fingerprint density at radius 1 is 0.857 bits per heavy atom. The van der Waals surface area contributed by atoms with Crippen LogP contribution in [-0.2, 0) is 9.53 Å². The molecule has 0 unspecified atom stereocenters. The van der Waals surface area contributed by atoms with Gasteiger partial charge in [-0.25, -0.2) is 0 Å². The number of halogens is 3. The number of ether oxygens (including phenoxy) is 1. The summed E-state index contributed by atoms with van der Waals surface area (Å²) in [5.41, 5.74) is 0. The average Bonchev–Trinajstić information content (AvgIpc) is 2.40. The maximum absolute atomic E-state index is 11.5. The van der Waals surface area contributed by atoms with Crippen molar-refractivity contribution in [2.45, 2.75) is 83.6 Å². The fourth-order valence-corrected chi connectivity index (χ4v) is 3.94. The molecule has 0 atom stereocenters. The molecule has 0 aromatic heterocycles. The normalized spacial score (nSPS) is 11.6. The van der Waals surface area contributed by atoms with Crippen molar-refractivity contribution in [3.63, 3.8) is 0 Å². The fourth-order valence-electron chi connectivity index (χ4n) is 2.09. The molecule has 6 heteroatoms. The standard InChI is InChI=1S/C15H29Cl3O2Si/c1-2-3-4-7-10-13-20-15(19)12-9-6-5-8-11-14-21(16,17)18/h2-14H2,1H3. The molecule has 0 saturated heterocycles. The molecule has 0 rings (SSSR count). The summed E-state index contributed by atoms with van der Waals surface area (Å²) in [5.74, 6) is -0.0563. The van der Waals surface area contributed by atoms with Crippen molar-refractivity contribution in [1.29, 1.82) is 0 Å². The molecule has 0 aliphatic rings. The van der Waals surface area contributed by atoms with Gasteiger partial charge in [0, 0.05) is 6.42 Å². The highest BCUT2D eigenvalue weighted by Gasteiger charge is 2.23. The van der Waals surface area contributed by atoms with Crippen LogP contribution >= 0.6 is 33.2 Å². The van der Waals surface area contributed by atoms with E-state index in [1.165, 1.54) is 19.3 Å². The molecular formula is C15H29Cl3O2Si. The monoisotopic (exact) mass is 374 g/mol. The lowest BCUT2D eigenvalue weighted by molar-refractivity contribution is -0.143. The minimum absolute atomic E-state index is 0.0563. The number of unbranched alkanes of at least 4 members (excludes halogenated alkanes) is 8. The second-order valence-electron chi connectivity index (χ2n) is 5.52. The van der Waals surface area contributed by atoms with Gasteiger partial charge in [0.2, 0.25) is 0 Å². The largest absolute Gasteiger partial charge is 0.466 e. The Bertz CT molecular complexity index is 258. The van der Waals surface area contributed by atoms with E-state index in [1.54, 1.807) is 0 Å². The second kappa shape index (κ2) is 14.2. The van der Waals surface area contributed by atoms with Crippen LogP contribution in [0.1, 0.15) is 77.6 Å². The maximum Gasteiger partial charge on any atom is 0.341 e. The second-order valence-corrected chi connectivity index (χ2v) is 14.8. The number of hydrogen-bond acceptors (Lipinski definition) is 2. The Labute approximate surface area is 145 Å². The molecule has 21 heavy (non-hydrogen) atoms. The van der Waals surface area contributed by atoms with E-state index in [9.17, 15) is 4.79 Å². The third kappa shape index (κ3) is 18.5. The molecule has 0 aliphatic heterocycles. The summed E-state index contributed by atoms with van der Waals surface area (Å²) in [4.78, 5) is 11.5. The van der Waals surface area contributed by atoms with Gasteiger partial charge in [0.05, 0.1) is 6.61 Å². The van der Waals surface area contributed by atoms with E-state index in [0.717, 1.165) is 51.0 Å². The summed E-state index contributed by atoms with van der Waals surface area (Å²) in [6.45, 7) is 2.77. The molecule has 0 aliphatic carbocycles. The summed E-state index contributed by atoms with van der Waals surface area (Å²) in [6.07, 6.45) is 11.5. The molecule has 2 nitrogen and oxygen atoms in total. The van der Waals surface area contributed by atoms with Crippen LogP contribution in [0.4, 0.5) is 0 Å². The third-order valence-electron chi connectivity index (χ3n) is 3.35. The van der Waals surface area contributed by atoms with Crippen LogP contribution in [0.5, 0.6) is 0 Å². The first-order valence-corrected chi connectivity index (χ1v) is 13.4. The van der Waals surface area contributed by atoms with Gasteiger partial charge in [0.1, 0.15) is 0 Å². The summed E-state index contributed by atoms with van der Waals surface area (Å²) in [5, 5.41) is 0. The predicted molar refractivity (Wildman–Crippen MR) is 95.5 cm³/mol. The molecule has 0 aromatic carbocycles. The van der Waals surface area contributed by atoms with Crippen LogP contribution in [0.25, 0.3) is 0 Å². The molecular weight excluding hydrogens is 347 g/mol. The van der Waals surface area contributed by atoms with Crippen molar-refractivity contribution >= 4 is 45.2 Å². The van der Waals surface area contributed by atoms with Crippen molar-refractivity contribution in [2.75, 3.05) is 6.61 Å². The fraction of sp³-hybridized carbons (Fsp3) is 0.933. The Morgan fingerprint density at radius 2 is 1.43 bits per heavy atom. The van der Waals surface area contributed by atoms with Gasteiger partial charge in [-0.2, -0.15) is 0 Å². The Kier molecular flexibility index (Phi) is 14.5. The molecule has 0 heterocycles. The van der Waals surface area contributed by atoms with Gasteiger partial charge in [-0.05, 0) is 18.9 Å². The first-order chi connectivity index (χ1) is 9.95. The van der Waals surface area contributed by atoms with Gasteiger partial charge in [-0.1, -0.05) is 58.3 Å². The quantitative estimate of drug-likeness (QED) is 0.150. The topological polar surface area (TPSA) is 26.3 Å². The first kappa shape index (κ1) is 21.6. The highest BCUT2D eigenvalue weighted by molar-refractivity contribution is 7.64. The van der Waals surface area contributed by atoms with Gasteiger partial charge in [0.15, 0.2) is 0 Å². The van der Waals surface area contributed by atoms with Crippen LogP contribution in [0.3, 0.4) is 0 Å². The van der Waals surface area contributed by atoms with Crippen molar-refractivity contribution in [3.8, 4) is 0 Å². The van der Waals surface area contributed by atoms with Crippen molar-refractivity contribution in [2.24, 2.45) is 0 Å². The minimum Gasteiger partial charge on any atom is -0.466 e. The summed E-state index contributed by atoms with van der Waals surface area (Å²) in [7, 11) is 0. The zero-order chi connectivity index (χ0) is 16.0. The highest BCUT2D eigenvalue weighted by atomic mass is 35.8. The maximum atomic E-state index is 11.5. The van der Waals surface area contributed by atoms with E-state index in [-0.39, 0.29) is 5.97 Å². The van der Waals surface area contributed by atoms with Crippen molar-refractivity contribution in [1.82, 2.24) is 0 Å². The van der Waals surface area contributed by atoms with Crippen molar-refractivity contribution in [3.05, 3.63) is 0 Å². The third-order valence-corrected chi connectivity index (χ3v) is 5.97. The highest BCUT2D eigenvalue weighted by Crippen LogP contribution is 2.27. The number of rotatable bonds is 14. The summed E-state index contributed by atoms with van der Waals surface area (Å²) in [6, 6.07) is -1.69. The molecule has 126 valence electrons. The molecule has 0 aromatic rings. The van der Waals surface area contributed by atoms with Gasteiger partial charge in [0.25, 0.3) is 0 Å². The lowest BCUT2D eigenvalue weighted by Crippen LogP contribution is -2.07. The van der Waals surface area contributed by atoms with Crippen molar-refractivity contribution < 1.29 is 9.53 Å². The molecule has 0 saturated carbocycles. The predicted octanol–water partition coefficient (Wildman–Crippen LogP) is 6.50. The van der Waals surface area contributed by atoms with Crippen LogP contribution in [0.2, 0.25) is 6.04 Å². The summed E-state index contributed by atoms with van der Waals surface area (Å²) < 4.78 is 5.21. The van der Waals surface area contributed by atoms with E-state index >= 15 is 0 Å². The minimum atomic E-state index is -2.43. The Hall–Kier alpha value is 0.557. The Morgan fingerprint density at radius 3 is 2.10 bits per heavy atom. The van der Waals surface area contributed by atoms with Crippen LogP contribution in [-0.4, -0.2) is 18.6 Å². The van der Waals surface area contributed by atoms with E-state index in [1.807, 2.05) is 0 Å². The van der Waals surface area contributed by atoms with Gasteiger partial charge >= 0.3 is 12.0 Å². The van der Waals surface area contributed by atoms with Crippen LogP contribution in [0.15, 0.2) is 0 Å². The zero-order valence-electron chi connectivity index (χ0n) is 13.1. The van der Waals surface area contributed by atoms with Gasteiger partial charge < -0.3 is 4.74 Å². The van der Waals surface area contributed by atoms with Gasteiger partial charge in [-0.15, -0.1) is 33.2 Å². The number of carbonyl (C=O) groups is 1. The molecule has 0 bridgehead atoms. The number of carbonyl (C=O) groups excluding carboxylic acids is 1. The molecule has 0 radical (unpaired) electrons. The lowest BCUT2D eigenvalue weighted by Gasteiger charge is -2.07. The van der Waals surface area contributed by atoms with E-state index in [4.69, 9.17) is 38.0 Å². The van der Waals surface area contributed by atoms with E-state index in [0.29, 0.717) is 13.0 Å². The van der Waals surface area contributed by atoms with E-state index in [2.05, 4.69) is 6.92 Å². The van der Waals surface area contributed by atoms with E-state index < -0.39 is 6.00 Å². The molecule has 0 amide bonds. The average molecular weight is 376 g/mol. The molecule has 0 spiro atoms. The van der Waals surface area contributed by atoms with Crippen LogP contribution < -0.4 is 0 Å². The number of esters is 1.